The minimum absolute atomic E-state index is 0.0671. The van der Waals surface area contributed by atoms with Crippen molar-refractivity contribution in [2.24, 2.45) is 0 Å². The van der Waals surface area contributed by atoms with Crippen molar-refractivity contribution in [3.8, 4) is 0 Å². The summed E-state index contributed by atoms with van der Waals surface area (Å²) >= 11 is 0. The molecule has 2 nitrogen and oxygen atoms in total. The fourth-order valence-corrected chi connectivity index (χ4v) is 1.71. The molecule has 0 amide bonds. The van der Waals surface area contributed by atoms with Gasteiger partial charge in [-0.1, -0.05) is 24.3 Å². The average molecular weight is 206 g/mol. The summed E-state index contributed by atoms with van der Waals surface area (Å²) in [7, 11) is 0. The van der Waals surface area contributed by atoms with Crippen molar-refractivity contribution in [3.63, 3.8) is 0 Å². The van der Waals surface area contributed by atoms with Crippen LogP contribution in [0.15, 0.2) is 24.5 Å². The van der Waals surface area contributed by atoms with Crippen molar-refractivity contribution in [3.05, 3.63) is 46.7 Å². The van der Waals surface area contributed by atoms with Gasteiger partial charge in [0.2, 0.25) is 0 Å². The molecule has 1 rings (SSSR count). The Hall–Kier alpha value is -1.28. The van der Waals surface area contributed by atoms with Crippen molar-refractivity contribution in [2.75, 3.05) is 6.61 Å². The minimum atomic E-state index is 0.0671. The Labute approximate surface area is 91.2 Å². The molecule has 0 saturated heterocycles. The van der Waals surface area contributed by atoms with E-state index in [0.29, 0.717) is 6.61 Å². The number of hydrogen-bond acceptors (Lipinski definition) is 2. The molecular weight excluding hydrogens is 188 g/mol. The van der Waals surface area contributed by atoms with E-state index in [1.807, 2.05) is 0 Å². The zero-order chi connectivity index (χ0) is 11.4. The molecule has 0 bridgehead atoms. The fourth-order valence-electron chi connectivity index (χ4n) is 1.71. The summed E-state index contributed by atoms with van der Waals surface area (Å²) in [5.41, 5.74) is 4.93. The van der Waals surface area contributed by atoms with Gasteiger partial charge in [-0.05, 0) is 37.5 Å². The third-order valence-electron chi connectivity index (χ3n) is 2.36. The first kappa shape index (κ1) is 11.8. The standard InChI is InChI=1S/C13H18O2/c1-9-5-10(2)13(11(3)6-9)8-15-7-12(4)14/h5-6,14H,4,7-8H2,1-3H3. The Morgan fingerprint density at radius 1 is 1.27 bits per heavy atom. The number of benzene rings is 1. The summed E-state index contributed by atoms with van der Waals surface area (Å²) in [5.74, 6) is 0.0671. The smallest absolute Gasteiger partial charge is 0.111 e. The lowest BCUT2D eigenvalue weighted by molar-refractivity contribution is 0.115. The van der Waals surface area contributed by atoms with E-state index in [0.717, 1.165) is 0 Å². The highest BCUT2D eigenvalue weighted by Gasteiger charge is 2.03. The molecule has 0 aliphatic rings. The maximum atomic E-state index is 8.89. The Bertz CT molecular complexity index is 344. The van der Waals surface area contributed by atoms with Gasteiger partial charge in [0.05, 0.1) is 6.61 Å². The third-order valence-corrected chi connectivity index (χ3v) is 2.36. The average Bonchev–Trinajstić information content (AvgIpc) is 2.08. The summed E-state index contributed by atoms with van der Waals surface area (Å²) in [4.78, 5) is 0. The van der Waals surface area contributed by atoms with Crippen LogP contribution >= 0.6 is 0 Å². The maximum Gasteiger partial charge on any atom is 0.111 e. The Balaban J connectivity index is 2.72. The molecular formula is C13H18O2. The highest BCUT2D eigenvalue weighted by molar-refractivity contribution is 5.36. The van der Waals surface area contributed by atoms with Gasteiger partial charge in [-0.2, -0.15) is 0 Å². The summed E-state index contributed by atoms with van der Waals surface area (Å²) in [6, 6.07) is 4.28. The summed E-state index contributed by atoms with van der Waals surface area (Å²) < 4.78 is 5.33. The lowest BCUT2D eigenvalue weighted by Gasteiger charge is -2.11. The fraction of sp³-hybridized carbons (Fsp3) is 0.385. The molecule has 2 heteroatoms. The zero-order valence-corrected chi connectivity index (χ0v) is 9.63. The van der Waals surface area contributed by atoms with E-state index < -0.39 is 0 Å². The second-order valence-electron chi connectivity index (χ2n) is 3.94. The Kier molecular flexibility index (Phi) is 3.92. The van der Waals surface area contributed by atoms with Crippen LogP contribution in [0.4, 0.5) is 0 Å². The van der Waals surface area contributed by atoms with Crippen molar-refractivity contribution in [2.45, 2.75) is 27.4 Å². The SMILES string of the molecule is C=C(O)COCc1c(C)cc(C)cc1C. The normalized spacial score (nSPS) is 10.3. The van der Waals surface area contributed by atoms with Crippen LogP contribution in [0, 0.1) is 20.8 Å². The van der Waals surface area contributed by atoms with Crippen LogP contribution in [0.2, 0.25) is 0 Å². The van der Waals surface area contributed by atoms with Gasteiger partial charge >= 0.3 is 0 Å². The molecule has 0 aliphatic carbocycles. The number of hydrogen-bond donors (Lipinski definition) is 1. The van der Waals surface area contributed by atoms with Crippen LogP contribution < -0.4 is 0 Å². The molecule has 0 spiro atoms. The summed E-state index contributed by atoms with van der Waals surface area (Å²) in [6.45, 7) is 10.3. The quantitative estimate of drug-likeness (QED) is 0.766. The van der Waals surface area contributed by atoms with Gasteiger partial charge in [0.25, 0.3) is 0 Å². The predicted octanol–water partition coefficient (Wildman–Crippen LogP) is 3.20. The van der Waals surface area contributed by atoms with Crippen LogP contribution in [0.1, 0.15) is 22.3 Å². The van der Waals surface area contributed by atoms with E-state index in [-0.39, 0.29) is 12.4 Å². The van der Waals surface area contributed by atoms with Crippen molar-refractivity contribution < 1.29 is 9.84 Å². The van der Waals surface area contributed by atoms with Crippen LogP contribution in [0.25, 0.3) is 0 Å². The van der Waals surface area contributed by atoms with Crippen LogP contribution in [0.3, 0.4) is 0 Å². The molecule has 0 saturated carbocycles. The monoisotopic (exact) mass is 206 g/mol. The molecule has 0 aliphatic heterocycles. The molecule has 0 unspecified atom stereocenters. The first-order valence-corrected chi connectivity index (χ1v) is 5.02. The minimum Gasteiger partial charge on any atom is -0.510 e. The Morgan fingerprint density at radius 2 is 1.80 bits per heavy atom. The Morgan fingerprint density at radius 3 is 2.27 bits per heavy atom. The first-order valence-electron chi connectivity index (χ1n) is 5.02. The van der Waals surface area contributed by atoms with E-state index >= 15 is 0 Å². The van der Waals surface area contributed by atoms with Crippen molar-refractivity contribution in [1.82, 2.24) is 0 Å². The molecule has 0 radical (unpaired) electrons. The molecule has 1 aromatic rings. The molecule has 1 N–H and O–H groups in total. The van der Waals surface area contributed by atoms with E-state index in [4.69, 9.17) is 9.84 Å². The molecule has 0 fully saturated rings. The molecule has 82 valence electrons. The van der Waals surface area contributed by atoms with E-state index in [9.17, 15) is 0 Å². The molecule has 15 heavy (non-hydrogen) atoms. The maximum absolute atomic E-state index is 8.89. The number of aliphatic hydroxyl groups is 1. The van der Waals surface area contributed by atoms with Crippen LogP contribution in [0.5, 0.6) is 0 Å². The van der Waals surface area contributed by atoms with Gasteiger partial charge in [-0.25, -0.2) is 0 Å². The second-order valence-corrected chi connectivity index (χ2v) is 3.94. The van der Waals surface area contributed by atoms with Gasteiger partial charge in [0.1, 0.15) is 12.4 Å². The van der Waals surface area contributed by atoms with Crippen molar-refractivity contribution in [1.29, 1.82) is 0 Å². The summed E-state index contributed by atoms with van der Waals surface area (Å²) in [5, 5.41) is 8.89. The van der Waals surface area contributed by atoms with Crippen molar-refractivity contribution >= 4 is 0 Å². The van der Waals surface area contributed by atoms with E-state index in [2.05, 4.69) is 39.5 Å². The zero-order valence-electron chi connectivity index (χ0n) is 9.63. The van der Waals surface area contributed by atoms with Gasteiger partial charge < -0.3 is 9.84 Å². The molecule has 0 heterocycles. The van der Waals surface area contributed by atoms with Crippen LogP contribution in [-0.2, 0) is 11.3 Å². The van der Waals surface area contributed by atoms with Gasteiger partial charge in [-0.3, -0.25) is 0 Å². The molecule has 1 aromatic carbocycles. The van der Waals surface area contributed by atoms with Crippen LogP contribution in [-0.4, -0.2) is 11.7 Å². The largest absolute Gasteiger partial charge is 0.510 e. The number of aliphatic hydroxyl groups excluding tert-OH is 1. The predicted molar refractivity (Wildman–Crippen MR) is 62.1 cm³/mol. The van der Waals surface area contributed by atoms with Gasteiger partial charge in [0.15, 0.2) is 0 Å². The summed E-state index contributed by atoms with van der Waals surface area (Å²) in [6.07, 6.45) is 0. The lowest BCUT2D eigenvalue weighted by atomic mass is 10.0. The lowest BCUT2D eigenvalue weighted by Crippen LogP contribution is -2.01. The number of aryl methyl sites for hydroxylation is 3. The van der Waals surface area contributed by atoms with Gasteiger partial charge in [0, 0.05) is 0 Å². The van der Waals surface area contributed by atoms with E-state index in [1.165, 1.54) is 22.3 Å². The van der Waals surface area contributed by atoms with Gasteiger partial charge in [-0.15, -0.1) is 0 Å². The highest BCUT2D eigenvalue weighted by Crippen LogP contribution is 2.17. The molecule has 0 aromatic heterocycles. The number of rotatable bonds is 4. The highest BCUT2D eigenvalue weighted by atomic mass is 16.5. The third kappa shape index (κ3) is 3.40. The van der Waals surface area contributed by atoms with E-state index in [1.54, 1.807) is 0 Å². The first-order chi connectivity index (χ1) is 7.00. The molecule has 0 atom stereocenters. The number of ether oxygens (including phenoxy) is 1. The topological polar surface area (TPSA) is 29.5 Å². The second kappa shape index (κ2) is 4.99.